The van der Waals surface area contributed by atoms with Gasteiger partial charge in [0, 0.05) is 12.4 Å². The molecule has 1 aromatic heterocycles. The Kier molecular flexibility index (Phi) is 5.18. The molecule has 4 heteroatoms. The average Bonchev–Trinajstić information content (AvgIpc) is 3.02. The van der Waals surface area contributed by atoms with E-state index in [9.17, 15) is 0 Å². The van der Waals surface area contributed by atoms with Gasteiger partial charge in [0.2, 0.25) is 0 Å². The number of methoxy groups -OCH3 is 1. The maximum Gasteiger partial charge on any atom is 0.118 e. The van der Waals surface area contributed by atoms with E-state index in [1.165, 1.54) is 5.56 Å². The van der Waals surface area contributed by atoms with Gasteiger partial charge < -0.3 is 14.6 Å². The van der Waals surface area contributed by atoms with Crippen molar-refractivity contribution >= 4 is 0 Å². The minimum atomic E-state index is 0.259. The van der Waals surface area contributed by atoms with Crippen LogP contribution in [0.25, 0.3) is 0 Å². The molecule has 0 saturated carbocycles. The van der Waals surface area contributed by atoms with Crippen molar-refractivity contribution < 1.29 is 4.74 Å². The van der Waals surface area contributed by atoms with Gasteiger partial charge in [0.05, 0.1) is 25.5 Å². The van der Waals surface area contributed by atoms with Crippen molar-refractivity contribution in [2.45, 2.75) is 32.4 Å². The van der Waals surface area contributed by atoms with Crippen molar-refractivity contribution in [2.75, 3.05) is 13.7 Å². The molecule has 1 aromatic carbocycles. The predicted molar refractivity (Wildman–Crippen MR) is 81.0 cm³/mol. The predicted octanol–water partition coefficient (Wildman–Crippen LogP) is 3.19. The number of nitrogens with one attached hydrogen (secondary N) is 1. The second kappa shape index (κ2) is 7.10. The molecule has 1 heterocycles. The lowest BCUT2D eigenvalue weighted by atomic mass is 10.00. The van der Waals surface area contributed by atoms with E-state index >= 15 is 0 Å². The van der Waals surface area contributed by atoms with E-state index in [1.807, 2.05) is 30.9 Å². The highest BCUT2D eigenvalue weighted by atomic mass is 16.5. The first-order valence-corrected chi connectivity index (χ1v) is 7.11. The number of aromatic nitrogens is 2. The number of rotatable bonds is 7. The molecule has 0 aliphatic carbocycles. The number of ether oxygens (including phenoxy) is 1. The summed E-state index contributed by atoms with van der Waals surface area (Å²) in [6.07, 6.45) is 6.81. The molecule has 2 atom stereocenters. The standard InChI is InChI=1S/C16H23N3O/c1-4-9-18-16(13(2)19-11-10-17-12-19)14-5-7-15(20-3)8-6-14/h5-8,10-13,16,18H,4,9H2,1-3H3. The van der Waals surface area contributed by atoms with Gasteiger partial charge in [-0.15, -0.1) is 0 Å². The van der Waals surface area contributed by atoms with Gasteiger partial charge in [-0.1, -0.05) is 19.1 Å². The summed E-state index contributed by atoms with van der Waals surface area (Å²) in [5, 5.41) is 3.62. The van der Waals surface area contributed by atoms with Crippen LogP contribution in [0.5, 0.6) is 5.75 Å². The molecule has 0 saturated heterocycles. The zero-order chi connectivity index (χ0) is 14.4. The Morgan fingerprint density at radius 3 is 2.60 bits per heavy atom. The molecule has 0 spiro atoms. The molecule has 2 rings (SSSR count). The molecular formula is C16H23N3O. The summed E-state index contributed by atoms with van der Waals surface area (Å²) < 4.78 is 7.36. The Morgan fingerprint density at radius 1 is 1.30 bits per heavy atom. The van der Waals surface area contributed by atoms with E-state index in [0.29, 0.717) is 6.04 Å². The quantitative estimate of drug-likeness (QED) is 0.842. The summed E-state index contributed by atoms with van der Waals surface area (Å²) in [5.74, 6) is 0.887. The maximum atomic E-state index is 5.23. The summed E-state index contributed by atoms with van der Waals surface area (Å²) in [5.41, 5.74) is 1.26. The Morgan fingerprint density at radius 2 is 2.05 bits per heavy atom. The van der Waals surface area contributed by atoms with E-state index in [4.69, 9.17) is 4.74 Å². The summed E-state index contributed by atoms with van der Waals surface area (Å²) in [7, 11) is 1.69. The maximum absolute atomic E-state index is 5.23. The summed E-state index contributed by atoms with van der Waals surface area (Å²) in [6, 6.07) is 8.83. The molecule has 1 N–H and O–H groups in total. The highest BCUT2D eigenvalue weighted by Gasteiger charge is 2.19. The third kappa shape index (κ3) is 3.39. The number of imidazole rings is 1. The first kappa shape index (κ1) is 14.6. The van der Waals surface area contributed by atoms with Crippen molar-refractivity contribution in [3.63, 3.8) is 0 Å². The summed E-state index contributed by atoms with van der Waals surface area (Å²) in [4.78, 5) is 4.14. The number of hydrogen-bond acceptors (Lipinski definition) is 3. The van der Waals surface area contributed by atoms with Gasteiger partial charge in [-0.25, -0.2) is 4.98 Å². The van der Waals surface area contributed by atoms with Crippen LogP contribution in [0.3, 0.4) is 0 Å². The Hall–Kier alpha value is -1.81. The van der Waals surface area contributed by atoms with Gasteiger partial charge in [0.1, 0.15) is 5.75 Å². The van der Waals surface area contributed by atoms with Gasteiger partial charge in [0.25, 0.3) is 0 Å². The van der Waals surface area contributed by atoms with Crippen LogP contribution in [0, 0.1) is 0 Å². The minimum absolute atomic E-state index is 0.259. The highest BCUT2D eigenvalue weighted by Crippen LogP contribution is 2.27. The fourth-order valence-electron chi connectivity index (χ4n) is 2.36. The molecule has 0 aliphatic heterocycles. The van der Waals surface area contributed by atoms with E-state index < -0.39 is 0 Å². The Bertz CT molecular complexity index is 493. The van der Waals surface area contributed by atoms with Crippen LogP contribution >= 0.6 is 0 Å². The SMILES string of the molecule is CCCNC(c1ccc(OC)cc1)C(C)n1ccnc1. The lowest BCUT2D eigenvalue weighted by Crippen LogP contribution is -2.29. The smallest absolute Gasteiger partial charge is 0.118 e. The van der Waals surface area contributed by atoms with Crippen LogP contribution < -0.4 is 10.1 Å². The molecule has 4 nitrogen and oxygen atoms in total. The topological polar surface area (TPSA) is 39.1 Å². The van der Waals surface area contributed by atoms with Crippen LogP contribution in [0.2, 0.25) is 0 Å². The van der Waals surface area contributed by atoms with E-state index in [1.54, 1.807) is 7.11 Å². The molecule has 108 valence electrons. The monoisotopic (exact) mass is 273 g/mol. The second-order valence-corrected chi connectivity index (χ2v) is 4.96. The zero-order valence-electron chi connectivity index (χ0n) is 12.4. The van der Waals surface area contributed by atoms with Gasteiger partial charge in [-0.05, 0) is 37.6 Å². The molecule has 0 amide bonds. The van der Waals surface area contributed by atoms with Crippen LogP contribution in [-0.2, 0) is 0 Å². The van der Waals surface area contributed by atoms with Crippen LogP contribution in [0.4, 0.5) is 0 Å². The highest BCUT2D eigenvalue weighted by molar-refractivity contribution is 5.29. The third-order valence-electron chi connectivity index (χ3n) is 3.57. The first-order chi connectivity index (χ1) is 9.76. The number of benzene rings is 1. The normalized spacial score (nSPS) is 13.9. The van der Waals surface area contributed by atoms with Gasteiger partial charge in [-0.2, -0.15) is 0 Å². The molecule has 0 fully saturated rings. The zero-order valence-corrected chi connectivity index (χ0v) is 12.4. The first-order valence-electron chi connectivity index (χ1n) is 7.11. The fraction of sp³-hybridized carbons (Fsp3) is 0.438. The average molecular weight is 273 g/mol. The number of nitrogens with zero attached hydrogens (tertiary/aromatic N) is 2. The molecule has 20 heavy (non-hydrogen) atoms. The molecule has 2 unspecified atom stereocenters. The van der Waals surface area contributed by atoms with E-state index in [2.05, 4.69) is 40.8 Å². The van der Waals surface area contributed by atoms with Crippen molar-refractivity contribution in [3.05, 3.63) is 48.5 Å². The summed E-state index contributed by atoms with van der Waals surface area (Å²) in [6.45, 7) is 5.38. The van der Waals surface area contributed by atoms with Crippen molar-refractivity contribution in [2.24, 2.45) is 0 Å². The largest absolute Gasteiger partial charge is 0.497 e. The molecule has 2 aromatic rings. The van der Waals surface area contributed by atoms with Crippen LogP contribution in [0.15, 0.2) is 43.0 Å². The molecule has 0 bridgehead atoms. The molecule has 0 radical (unpaired) electrons. The lowest BCUT2D eigenvalue weighted by molar-refractivity contribution is 0.377. The van der Waals surface area contributed by atoms with Gasteiger partial charge in [0.15, 0.2) is 0 Å². The molecule has 0 aliphatic rings. The lowest BCUT2D eigenvalue weighted by Gasteiger charge is -2.27. The van der Waals surface area contributed by atoms with Crippen molar-refractivity contribution in [1.82, 2.24) is 14.9 Å². The van der Waals surface area contributed by atoms with Gasteiger partial charge in [-0.3, -0.25) is 0 Å². The number of hydrogen-bond donors (Lipinski definition) is 1. The van der Waals surface area contributed by atoms with Crippen LogP contribution in [0.1, 0.15) is 37.9 Å². The van der Waals surface area contributed by atoms with E-state index in [0.717, 1.165) is 18.7 Å². The Balaban J connectivity index is 2.21. The Labute approximate surface area is 120 Å². The third-order valence-corrected chi connectivity index (χ3v) is 3.57. The summed E-state index contributed by atoms with van der Waals surface area (Å²) >= 11 is 0. The second-order valence-electron chi connectivity index (χ2n) is 4.96. The van der Waals surface area contributed by atoms with Crippen LogP contribution in [-0.4, -0.2) is 23.2 Å². The van der Waals surface area contributed by atoms with E-state index in [-0.39, 0.29) is 6.04 Å². The van der Waals surface area contributed by atoms with Gasteiger partial charge >= 0.3 is 0 Å². The minimum Gasteiger partial charge on any atom is -0.497 e. The molecular weight excluding hydrogens is 250 g/mol. The van der Waals surface area contributed by atoms with Crippen molar-refractivity contribution in [1.29, 1.82) is 0 Å². The fourth-order valence-corrected chi connectivity index (χ4v) is 2.36. The van der Waals surface area contributed by atoms with Crippen molar-refractivity contribution in [3.8, 4) is 5.75 Å².